The molecule has 1 aliphatic heterocycles. The van der Waals surface area contributed by atoms with Gasteiger partial charge in [-0.3, -0.25) is 0 Å². The Morgan fingerprint density at radius 1 is 1.27 bits per heavy atom. The molecule has 1 heterocycles. The molecular weight excluding hydrogens is 138 g/mol. The Hall–Kier alpha value is -0.0800. The van der Waals surface area contributed by atoms with Gasteiger partial charge in [-0.2, -0.15) is 0 Å². The molecule has 1 N–H and O–H groups in total. The number of rotatable bonds is 0. The van der Waals surface area contributed by atoms with Crippen LogP contribution in [-0.2, 0) is 0 Å². The molecule has 2 aliphatic rings. The van der Waals surface area contributed by atoms with Crippen molar-refractivity contribution in [1.82, 2.24) is 4.90 Å². The maximum absolute atomic E-state index is 9.51. The van der Waals surface area contributed by atoms with Crippen molar-refractivity contribution in [3.8, 4) is 0 Å². The molecule has 1 saturated carbocycles. The van der Waals surface area contributed by atoms with Crippen molar-refractivity contribution in [1.29, 1.82) is 0 Å². The van der Waals surface area contributed by atoms with Gasteiger partial charge in [0.05, 0.1) is 6.10 Å². The third-order valence-corrected chi connectivity index (χ3v) is 3.27. The van der Waals surface area contributed by atoms with Gasteiger partial charge in [0.1, 0.15) is 0 Å². The van der Waals surface area contributed by atoms with E-state index in [-0.39, 0.29) is 6.10 Å². The maximum atomic E-state index is 9.51. The summed E-state index contributed by atoms with van der Waals surface area (Å²) < 4.78 is 0. The quantitative estimate of drug-likeness (QED) is 0.560. The first-order valence-corrected chi connectivity index (χ1v) is 4.64. The van der Waals surface area contributed by atoms with Crippen LogP contribution in [0.4, 0.5) is 0 Å². The fourth-order valence-corrected chi connectivity index (χ4v) is 2.54. The first kappa shape index (κ1) is 7.56. The standard InChI is InChI=1S/C9H17NO/c1-10-3-2-7-4-8(10)6-9(11)5-7/h7-9,11H,2-6H2,1H3/t7?,8?,9-/m0/s1. The fraction of sp³-hybridized carbons (Fsp3) is 1.00. The Morgan fingerprint density at radius 2 is 2.09 bits per heavy atom. The molecule has 1 saturated heterocycles. The summed E-state index contributed by atoms with van der Waals surface area (Å²) >= 11 is 0. The van der Waals surface area contributed by atoms with Gasteiger partial charge in [-0.25, -0.2) is 0 Å². The largest absolute Gasteiger partial charge is 0.393 e. The van der Waals surface area contributed by atoms with Crippen molar-refractivity contribution < 1.29 is 5.11 Å². The Labute approximate surface area is 68.2 Å². The minimum atomic E-state index is -0.0125. The van der Waals surface area contributed by atoms with Crippen LogP contribution in [0, 0.1) is 5.92 Å². The Kier molecular flexibility index (Phi) is 1.90. The first-order valence-electron chi connectivity index (χ1n) is 4.64. The van der Waals surface area contributed by atoms with E-state index < -0.39 is 0 Å². The summed E-state index contributed by atoms with van der Waals surface area (Å²) in [5.41, 5.74) is 0. The molecule has 0 aromatic carbocycles. The van der Waals surface area contributed by atoms with Gasteiger partial charge in [-0.15, -0.1) is 0 Å². The molecule has 0 aromatic rings. The zero-order chi connectivity index (χ0) is 7.84. The van der Waals surface area contributed by atoms with Gasteiger partial charge < -0.3 is 10.0 Å². The zero-order valence-corrected chi connectivity index (χ0v) is 7.16. The Morgan fingerprint density at radius 3 is 2.91 bits per heavy atom. The van der Waals surface area contributed by atoms with Crippen LogP contribution in [0.15, 0.2) is 0 Å². The van der Waals surface area contributed by atoms with Crippen molar-refractivity contribution in [2.45, 2.75) is 37.8 Å². The summed E-state index contributed by atoms with van der Waals surface area (Å²) in [4.78, 5) is 2.40. The number of aliphatic hydroxyl groups excluding tert-OH is 1. The smallest absolute Gasteiger partial charge is 0.0557 e. The SMILES string of the molecule is CN1CCC2CC1C[C@@H](O)C2. The summed E-state index contributed by atoms with van der Waals surface area (Å²) in [5, 5.41) is 9.51. The maximum Gasteiger partial charge on any atom is 0.0557 e. The Bertz CT molecular complexity index is 146. The molecule has 0 radical (unpaired) electrons. The van der Waals surface area contributed by atoms with Gasteiger partial charge in [0, 0.05) is 6.04 Å². The molecule has 0 spiro atoms. The molecule has 11 heavy (non-hydrogen) atoms. The molecule has 2 bridgehead atoms. The van der Waals surface area contributed by atoms with Crippen molar-refractivity contribution in [2.75, 3.05) is 13.6 Å². The highest BCUT2D eigenvalue weighted by molar-refractivity contribution is 4.87. The molecule has 2 heteroatoms. The summed E-state index contributed by atoms with van der Waals surface area (Å²) in [7, 11) is 2.18. The van der Waals surface area contributed by atoms with Gasteiger partial charge >= 0.3 is 0 Å². The molecule has 3 atom stereocenters. The second-order valence-corrected chi connectivity index (χ2v) is 4.15. The lowest BCUT2D eigenvalue weighted by atomic mass is 9.78. The topological polar surface area (TPSA) is 23.5 Å². The number of aliphatic hydroxyl groups is 1. The van der Waals surface area contributed by atoms with Crippen molar-refractivity contribution >= 4 is 0 Å². The highest BCUT2D eigenvalue weighted by Gasteiger charge is 2.33. The number of likely N-dealkylation sites (tertiary alicyclic amines) is 1. The fourth-order valence-electron chi connectivity index (χ4n) is 2.54. The molecule has 2 rings (SSSR count). The molecular formula is C9H17NO. The van der Waals surface area contributed by atoms with Gasteiger partial charge in [-0.1, -0.05) is 0 Å². The lowest BCUT2D eigenvalue weighted by molar-refractivity contribution is 0.0117. The van der Waals surface area contributed by atoms with Crippen LogP contribution in [0.1, 0.15) is 25.7 Å². The summed E-state index contributed by atoms with van der Waals surface area (Å²) in [6, 6.07) is 0.678. The van der Waals surface area contributed by atoms with Crippen LogP contribution in [0.5, 0.6) is 0 Å². The second-order valence-electron chi connectivity index (χ2n) is 4.15. The number of hydrogen-bond donors (Lipinski definition) is 1. The molecule has 0 aromatic heterocycles. The Balaban J connectivity index is 2.02. The van der Waals surface area contributed by atoms with E-state index in [4.69, 9.17) is 0 Å². The third-order valence-electron chi connectivity index (χ3n) is 3.27. The van der Waals surface area contributed by atoms with Gasteiger partial charge in [0.15, 0.2) is 0 Å². The molecule has 0 amide bonds. The minimum absolute atomic E-state index is 0.0125. The first-order chi connectivity index (χ1) is 5.25. The molecule has 2 fully saturated rings. The molecule has 64 valence electrons. The van der Waals surface area contributed by atoms with Crippen LogP contribution in [0.3, 0.4) is 0 Å². The summed E-state index contributed by atoms with van der Waals surface area (Å²) in [6.45, 7) is 1.24. The van der Waals surface area contributed by atoms with E-state index >= 15 is 0 Å². The monoisotopic (exact) mass is 155 g/mol. The van der Waals surface area contributed by atoms with Crippen molar-refractivity contribution in [2.24, 2.45) is 5.92 Å². The van der Waals surface area contributed by atoms with E-state index in [2.05, 4.69) is 11.9 Å². The lowest BCUT2D eigenvalue weighted by Crippen LogP contribution is -2.46. The highest BCUT2D eigenvalue weighted by Crippen LogP contribution is 2.33. The molecule has 2 nitrogen and oxygen atoms in total. The second kappa shape index (κ2) is 2.76. The van der Waals surface area contributed by atoms with Crippen LogP contribution in [0.2, 0.25) is 0 Å². The van der Waals surface area contributed by atoms with Crippen LogP contribution in [-0.4, -0.2) is 35.7 Å². The summed E-state index contributed by atoms with van der Waals surface area (Å²) in [5.74, 6) is 0.819. The van der Waals surface area contributed by atoms with Crippen LogP contribution in [0.25, 0.3) is 0 Å². The van der Waals surface area contributed by atoms with E-state index in [1.165, 1.54) is 19.4 Å². The van der Waals surface area contributed by atoms with Crippen LogP contribution >= 0.6 is 0 Å². The van der Waals surface area contributed by atoms with E-state index in [9.17, 15) is 5.11 Å². The number of hydrogen-bond acceptors (Lipinski definition) is 2. The lowest BCUT2D eigenvalue weighted by Gasteiger charge is -2.42. The van der Waals surface area contributed by atoms with E-state index in [0.717, 1.165) is 18.8 Å². The number of nitrogens with zero attached hydrogens (tertiary/aromatic N) is 1. The number of fused-ring (bicyclic) bond motifs is 2. The highest BCUT2D eigenvalue weighted by atomic mass is 16.3. The normalized spacial score (nSPS) is 45.8. The van der Waals surface area contributed by atoms with Crippen molar-refractivity contribution in [3.05, 3.63) is 0 Å². The minimum Gasteiger partial charge on any atom is -0.393 e. The summed E-state index contributed by atoms with van der Waals surface area (Å²) in [6.07, 6.45) is 4.68. The predicted octanol–water partition coefficient (Wildman–Crippen LogP) is 0.851. The predicted molar refractivity (Wildman–Crippen MR) is 44.4 cm³/mol. The van der Waals surface area contributed by atoms with E-state index in [1.807, 2.05) is 0 Å². The molecule has 2 unspecified atom stereocenters. The average molecular weight is 155 g/mol. The number of piperidine rings is 1. The average Bonchev–Trinajstić information content (AvgIpc) is 1.97. The van der Waals surface area contributed by atoms with Gasteiger partial charge in [0.2, 0.25) is 0 Å². The van der Waals surface area contributed by atoms with Crippen LogP contribution < -0.4 is 0 Å². The third kappa shape index (κ3) is 1.42. The molecule has 1 aliphatic carbocycles. The van der Waals surface area contributed by atoms with E-state index in [1.54, 1.807) is 0 Å². The van der Waals surface area contributed by atoms with Crippen molar-refractivity contribution in [3.63, 3.8) is 0 Å². The zero-order valence-electron chi connectivity index (χ0n) is 7.16. The van der Waals surface area contributed by atoms with Gasteiger partial charge in [-0.05, 0) is 45.2 Å². The van der Waals surface area contributed by atoms with Gasteiger partial charge in [0.25, 0.3) is 0 Å². The van der Waals surface area contributed by atoms with E-state index in [0.29, 0.717) is 6.04 Å².